The van der Waals surface area contributed by atoms with Crippen molar-refractivity contribution < 1.29 is 0 Å². The Morgan fingerprint density at radius 1 is 1.05 bits per heavy atom. The zero-order valence-electron chi connectivity index (χ0n) is 25.1. The molecule has 2 fully saturated rings. The second kappa shape index (κ2) is 10.5. The van der Waals surface area contributed by atoms with Crippen molar-refractivity contribution in [3.05, 3.63) is 70.5 Å². The maximum atomic E-state index is 5.11. The number of aliphatic imine (C=N–C) groups is 2. The molecule has 206 valence electrons. The van der Waals surface area contributed by atoms with Crippen LogP contribution in [0.2, 0.25) is 0 Å². The number of rotatable bonds is 7. The third-order valence-corrected chi connectivity index (χ3v) is 10.6. The Balaban J connectivity index is 1.21. The van der Waals surface area contributed by atoms with Crippen LogP contribution in [0.25, 0.3) is 11.1 Å². The highest BCUT2D eigenvalue weighted by Crippen LogP contribution is 2.47. The molecule has 6 rings (SSSR count). The Morgan fingerprint density at radius 2 is 1.82 bits per heavy atom. The zero-order valence-corrected chi connectivity index (χ0v) is 25.1. The van der Waals surface area contributed by atoms with E-state index >= 15 is 0 Å². The van der Waals surface area contributed by atoms with E-state index in [0.717, 1.165) is 36.5 Å². The minimum absolute atomic E-state index is 0.155. The van der Waals surface area contributed by atoms with E-state index in [1.54, 1.807) is 0 Å². The van der Waals surface area contributed by atoms with Crippen LogP contribution in [0.1, 0.15) is 103 Å². The maximum Gasteiger partial charge on any atom is 0.100 e. The first-order valence-electron chi connectivity index (χ1n) is 15.7. The van der Waals surface area contributed by atoms with E-state index in [1.165, 1.54) is 83.2 Å². The normalized spacial score (nSPS) is 31.3. The fraction of sp³-hybridized carbons (Fsp3) is 0.568. The van der Waals surface area contributed by atoms with Crippen molar-refractivity contribution >= 4 is 23.1 Å². The Kier molecular flexibility index (Phi) is 7.19. The van der Waals surface area contributed by atoms with Gasteiger partial charge in [0.1, 0.15) is 6.04 Å². The van der Waals surface area contributed by atoms with Crippen LogP contribution in [0, 0.1) is 35.0 Å². The molecule has 0 spiro atoms. The van der Waals surface area contributed by atoms with Crippen LogP contribution in [-0.2, 0) is 6.42 Å². The van der Waals surface area contributed by atoms with E-state index in [9.17, 15) is 0 Å². The highest BCUT2D eigenvalue weighted by atomic mass is 14.8. The minimum Gasteiger partial charge on any atom is -0.280 e. The van der Waals surface area contributed by atoms with Gasteiger partial charge in [-0.05, 0) is 119 Å². The smallest absolute Gasteiger partial charge is 0.100 e. The van der Waals surface area contributed by atoms with Crippen molar-refractivity contribution in [2.24, 2.45) is 45.0 Å². The molecule has 1 aromatic carbocycles. The molecule has 2 heterocycles. The van der Waals surface area contributed by atoms with Gasteiger partial charge in [0.15, 0.2) is 0 Å². The number of nitrogens with zero attached hydrogens (tertiary/aromatic N) is 2. The SMILES string of the molecule is CC1=CC2=CC=C(c3ccc(C4=CN=C(C5C[C@@H](C)C(CC(C)C)[C@@H](C)C5)C4)c(CC4(C)CCC4)c3)C2N=C1. The predicted octanol–water partition coefficient (Wildman–Crippen LogP) is 9.67. The molecule has 0 aromatic heterocycles. The quantitative estimate of drug-likeness (QED) is 0.342. The zero-order chi connectivity index (χ0) is 27.3. The van der Waals surface area contributed by atoms with Crippen LogP contribution >= 0.6 is 0 Å². The average Bonchev–Trinajstić information content (AvgIpc) is 3.52. The third kappa shape index (κ3) is 5.33. The van der Waals surface area contributed by atoms with Gasteiger partial charge in [0.2, 0.25) is 0 Å². The van der Waals surface area contributed by atoms with Gasteiger partial charge in [-0.25, -0.2) is 0 Å². The summed E-state index contributed by atoms with van der Waals surface area (Å²) >= 11 is 0. The van der Waals surface area contributed by atoms with Crippen LogP contribution in [0.15, 0.2) is 63.8 Å². The first-order chi connectivity index (χ1) is 18.7. The lowest BCUT2D eigenvalue weighted by Crippen LogP contribution is -2.34. The molecule has 3 aliphatic carbocycles. The van der Waals surface area contributed by atoms with Gasteiger partial charge >= 0.3 is 0 Å². The van der Waals surface area contributed by atoms with E-state index in [-0.39, 0.29) is 6.04 Å². The lowest BCUT2D eigenvalue weighted by molar-refractivity contribution is 0.131. The molecule has 2 saturated carbocycles. The van der Waals surface area contributed by atoms with E-state index in [2.05, 4.69) is 84.2 Å². The second-order valence-corrected chi connectivity index (χ2v) is 14.4. The Bertz CT molecular complexity index is 1300. The predicted molar refractivity (Wildman–Crippen MR) is 168 cm³/mol. The standard InChI is InChI=1S/C37H48N2/c1-23(2)14-34-25(4)16-29(17-26(34)5)35-19-31(22-38-35)32-10-8-27(18-30(32)20-37(6)12-7-13-37)33-11-9-28-15-24(3)21-39-36(28)33/h8-11,15,18,21-23,25-26,29,34,36H,7,12-14,16-17,19-20H2,1-6H3/t25-,26+,29?,34?,36?. The van der Waals surface area contributed by atoms with Crippen LogP contribution < -0.4 is 0 Å². The van der Waals surface area contributed by atoms with Crippen molar-refractivity contribution in [1.29, 1.82) is 0 Å². The molecule has 0 saturated heterocycles. The molecular formula is C37H48N2. The molecule has 39 heavy (non-hydrogen) atoms. The Hall–Kier alpha value is -2.48. The number of allylic oxidation sites excluding steroid dienone is 4. The summed E-state index contributed by atoms with van der Waals surface area (Å²) in [4.78, 5) is 10.0. The molecule has 0 radical (unpaired) electrons. The van der Waals surface area contributed by atoms with Gasteiger partial charge < -0.3 is 0 Å². The number of dihydropyridines is 1. The first kappa shape index (κ1) is 26.7. The van der Waals surface area contributed by atoms with E-state index in [4.69, 9.17) is 9.98 Å². The third-order valence-electron chi connectivity index (χ3n) is 10.6. The van der Waals surface area contributed by atoms with Gasteiger partial charge in [0, 0.05) is 24.5 Å². The van der Waals surface area contributed by atoms with Gasteiger partial charge in [-0.2, -0.15) is 0 Å². The first-order valence-corrected chi connectivity index (χ1v) is 15.7. The summed E-state index contributed by atoms with van der Waals surface area (Å²) in [5, 5.41) is 0. The van der Waals surface area contributed by atoms with Crippen molar-refractivity contribution in [2.45, 2.75) is 99.0 Å². The molecule has 0 bridgehead atoms. The monoisotopic (exact) mass is 520 g/mol. The largest absolute Gasteiger partial charge is 0.280 e. The molecule has 2 heteroatoms. The summed E-state index contributed by atoms with van der Waals surface area (Å²) < 4.78 is 0. The summed E-state index contributed by atoms with van der Waals surface area (Å²) in [5.74, 6) is 3.89. The highest BCUT2D eigenvalue weighted by molar-refractivity contribution is 6.00. The maximum absolute atomic E-state index is 5.11. The van der Waals surface area contributed by atoms with Crippen LogP contribution in [0.4, 0.5) is 0 Å². The number of benzene rings is 1. The second-order valence-electron chi connectivity index (χ2n) is 14.4. The van der Waals surface area contributed by atoms with Crippen LogP contribution in [-0.4, -0.2) is 18.0 Å². The summed E-state index contributed by atoms with van der Waals surface area (Å²) in [7, 11) is 0. The van der Waals surface area contributed by atoms with Crippen LogP contribution in [0.5, 0.6) is 0 Å². The van der Waals surface area contributed by atoms with Gasteiger partial charge in [0.05, 0.1) is 0 Å². The molecule has 5 atom stereocenters. The molecule has 0 amide bonds. The molecule has 2 nitrogen and oxygen atoms in total. The van der Waals surface area contributed by atoms with Gasteiger partial charge in [-0.1, -0.05) is 77.5 Å². The van der Waals surface area contributed by atoms with Crippen molar-refractivity contribution in [3.63, 3.8) is 0 Å². The summed E-state index contributed by atoms with van der Waals surface area (Å²) in [6.45, 7) is 14.4. The highest BCUT2D eigenvalue weighted by Gasteiger charge is 2.37. The molecule has 5 aliphatic rings. The van der Waals surface area contributed by atoms with Crippen LogP contribution in [0.3, 0.4) is 0 Å². The summed E-state index contributed by atoms with van der Waals surface area (Å²) in [6, 6.07) is 7.42. The average molecular weight is 521 g/mol. The van der Waals surface area contributed by atoms with E-state index in [1.807, 2.05) is 6.21 Å². The minimum atomic E-state index is 0.155. The van der Waals surface area contributed by atoms with Crippen molar-refractivity contribution in [3.8, 4) is 0 Å². The molecule has 3 unspecified atom stereocenters. The summed E-state index contributed by atoms with van der Waals surface area (Å²) in [6.07, 6.45) is 21.4. The van der Waals surface area contributed by atoms with Gasteiger partial charge in [0.25, 0.3) is 0 Å². The van der Waals surface area contributed by atoms with E-state index < -0.39 is 0 Å². The molecule has 2 aliphatic heterocycles. The lowest BCUT2D eigenvalue weighted by Gasteiger charge is -2.40. The molecular weight excluding hydrogens is 472 g/mol. The van der Waals surface area contributed by atoms with Crippen molar-refractivity contribution in [2.75, 3.05) is 0 Å². The van der Waals surface area contributed by atoms with Gasteiger partial charge in [-0.15, -0.1) is 0 Å². The summed E-state index contributed by atoms with van der Waals surface area (Å²) in [5.41, 5.74) is 11.5. The fourth-order valence-electron chi connectivity index (χ4n) is 8.28. The fourth-order valence-corrected chi connectivity index (χ4v) is 8.28. The Labute approximate surface area is 237 Å². The number of fused-ring (bicyclic) bond motifs is 1. The van der Waals surface area contributed by atoms with Crippen molar-refractivity contribution in [1.82, 2.24) is 0 Å². The number of hydrogen-bond acceptors (Lipinski definition) is 2. The topological polar surface area (TPSA) is 24.7 Å². The molecule has 0 N–H and O–H groups in total. The van der Waals surface area contributed by atoms with E-state index in [0.29, 0.717) is 11.3 Å². The molecule has 1 aromatic rings. The lowest BCUT2D eigenvalue weighted by atomic mass is 9.65. The van der Waals surface area contributed by atoms with Gasteiger partial charge in [-0.3, -0.25) is 9.98 Å². The Morgan fingerprint density at radius 3 is 2.51 bits per heavy atom. The number of hydrogen-bond donors (Lipinski definition) is 0.